The number of hydrogen-bond donors (Lipinski definition) is 1. The highest BCUT2D eigenvalue weighted by molar-refractivity contribution is 5.77. The summed E-state index contributed by atoms with van der Waals surface area (Å²) >= 11 is 0. The second-order valence-corrected chi connectivity index (χ2v) is 8.11. The van der Waals surface area contributed by atoms with Gasteiger partial charge in [0.15, 0.2) is 5.82 Å². The number of halogens is 1. The van der Waals surface area contributed by atoms with Gasteiger partial charge < -0.3 is 9.80 Å². The molecule has 0 saturated carbocycles. The first-order valence-electron chi connectivity index (χ1n) is 10.8. The van der Waals surface area contributed by atoms with E-state index in [9.17, 15) is 9.18 Å². The molecule has 1 aliphatic heterocycles. The van der Waals surface area contributed by atoms with E-state index in [4.69, 9.17) is 5.41 Å². The lowest BCUT2D eigenvalue weighted by Crippen LogP contribution is -2.48. The highest BCUT2D eigenvalue weighted by atomic mass is 19.1. The second-order valence-electron chi connectivity index (χ2n) is 8.11. The van der Waals surface area contributed by atoms with Crippen LogP contribution in [0.2, 0.25) is 0 Å². The molecule has 0 bridgehead atoms. The van der Waals surface area contributed by atoms with Crippen LogP contribution >= 0.6 is 0 Å². The van der Waals surface area contributed by atoms with Crippen molar-refractivity contribution >= 4 is 11.6 Å². The molecule has 1 saturated heterocycles. The minimum atomic E-state index is -0.241. The maximum Gasteiger partial charge on any atom is 0.223 e. The van der Waals surface area contributed by atoms with Crippen molar-refractivity contribution in [3.63, 3.8) is 0 Å². The summed E-state index contributed by atoms with van der Waals surface area (Å²) in [5.41, 5.74) is 4.21. The lowest BCUT2D eigenvalue weighted by atomic mass is 10.1. The van der Waals surface area contributed by atoms with Crippen LogP contribution in [0.4, 0.5) is 10.1 Å². The fraction of sp³-hybridized carbons (Fsp3) is 0.391. The fourth-order valence-electron chi connectivity index (χ4n) is 4.13. The summed E-state index contributed by atoms with van der Waals surface area (Å²) in [6.07, 6.45) is 1.05. The van der Waals surface area contributed by atoms with Gasteiger partial charge in [0, 0.05) is 51.0 Å². The van der Waals surface area contributed by atoms with Crippen molar-refractivity contribution in [3.8, 4) is 5.82 Å². The third kappa shape index (κ3) is 4.42. The van der Waals surface area contributed by atoms with Gasteiger partial charge in [0.25, 0.3) is 0 Å². The first-order chi connectivity index (χ1) is 15.3. The number of hydrogen-bond acceptors (Lipinski definition) is 5. The van der Waals surface area contributed by atoms with Crippen LogP contribution < -0.4 is 10.4 Å². The Kier molecular flexibility index (Phi) is 6.07. The zero-order valence-corrected chi connectivity index (χ0v) is 18.7. The molecule has 168 valence electrons. The predicted octanol–water partition coefficient (Wildman–Crippen LogP) is 2.12. The number of nitrogens with one attached hydrogen (secondary N) is 1. The summed E-state index contributed by atoms with van der Waals surface area (Å²) in [4.78, 5) is 16.9. The molecule has 32 heavy (non-hydrogen) atoms. The van der Waals surface area contributed by atoms with E-state index in [1.165, 1.54) is 16.8 Å². The van der Waals surface area contributed by atoms with Crippen molar-refractivity contribution in [1.29, 1.82) is 5.41 Å². The Morgan fingerprint density at radius 2 is 1.72 bits per heavy atom. The van der Waals surface area contributed by atoms with Gasteiger partial charge in [-0.05, 0) is 62.2 Å². The fourth-order valence-corrected chi connectivity index (χ4v) is 4.13. The average Bonchev–Trinajstić information content (AvgIpc) is 3.08. The number of carbonyl (C=O) groups excluding carboxylic acids is 1. The van der Waals surface area contributed by atoms with E-state index in [1.54, 1.807) is 36.0 Å². The first kappa shape index (κ1) is 21.7. The van der Waals surface area contributed by atoms with Gasteiger partial charge in [0.05, 0.1) is 5.69 Å². The van der Waals surface area contributed by atoms with Gasteiger partial charge in [-0.15, -0.1) is 0 Å². The van der Waals surface area contributed by atoms with Crippen molar-refractivity contribution < 1.29 is 9.18 Å². The number of piperazine rings is 1. The molecule has 1 aromatic carbocycles. The van der Waals surface area contributed by atoms with Crippen LogP contribution in [0, 0.1) is 25.1 Å². The van der Waals surface area contributed by atoms with Crippen molar-refractivity contribution in [3.05, 3.63) is 64.7 Å². The van der Waals surface area contributed by atoms with E-state index in [0.717, 1.165) is 35.7 Å². The molecule has 2 aromatic heterocycles. The molecule has 1 N–H and O–H groups in total. The quantitative estimate of drug-likeness (QED) is 0.663. The van der Waals surface area contributed by atoms with E-state index >= 15 is 0 Å². The Hall–Kier alpha value is -3.49. The van der Waals surface area contributed by atoms with Crippen LogP contribution in [-0.2, 0) is 18.3 Å². The Morgan fingerprint density at radius 3 is 2.38 bits per heavy atom. The largest absolute Gasteiger partial charge is 0.368 e. The minimum Gasteiger partial charge on any atom is -0.368 e. The molecule has 1 fully saturated rings. The lowest BCUT2D eigenvalue weighted by molar-refractivity contribution is -0.131. The molecule has 8 nitrogen and oxygen atoms in total. The number of carbonyl (C=O) groups is 1. The van der Waals surface area contributed by atoms with Crippen LogP contribution in [0.5, 0.6) is 0 Å². The molecule has 0 unspecified atom stereocenters. The Morgan fingerprint density at radius 1 is 1.03 bits per heavy atom. The van der Waals surface area contributed by atoms with Crippen molar-refractivity contribution in [2.45, 2.75) is 26.7 Å². The van der Waals surface area contributed by atoms with Gasteiger partial charge in [-0.3, -0.25) is 10.2 Å². The van der Waals surface area contributed by atoms with Crippen LogP contribution in [0.25, 0.3) is 5.82 Å². The molecule has 1 aliphatic rings. The summed E-state index contributed by atoms with van der Waals surface area (Å²) in [7, 11) is 1.73. The van der Waals surface area contributed by atoms with Gasteiger partial charge in [0.2, 0.25) is 5.91 Å². The van der Waals surface area contributed by atoms with Gasteiger partial charge >= 0.3 is 0 Å². The molecule has 3 heterocycles. The van der Waals surface area contributed by atoms with E-state index < -0.39 is 0 Å². The molecule has 0 aliphatic carbocycles. The summed E-state index contributed by atoms with van der Waals surface area (Å²) in [6.45, 7) is 6.73. The summed E-state index contributed by atoms with van der Waals surface area (Å²) in [5.74, 6) is 0.548. The number of benzene rings is 1. The molecule has 0 atom stereocenters. The molecular formula is C23H28FN7O. The molecule has 4 rings (SSSR count). The minimum absolute atomic E-state index is 0.137. The average molecular weight is 438 g/mol. The number of anilines is 1. The maximum absolute atomic E-state index is 13.1. The number of rotatable bonds is 5. The summed E-state index contributed by atoms with van der Waals surface area (Å²) in [5, 5.41) is 16.8. The smallest absolute Gasteiger partial charge is 0.223 e. The van der Waals surface area contributed by atoms with Crippen LogP contribution in [-0.4, -0.2) is 56.5 Å². The van der Waals surface area contributed by atoms with Crippen LogP contribution in [0.3, 0.4) is 0 Å². The first-order valence-corrected chi connectivity index (χ1v) is 10.8. The van der Waals surface area contributed by atoms with Crippen LogP contribution in [0.1, 0.15) is 23.4 Å². The molecule has 0 radical (unpaired) electrons. The SMILES string of the molecule is Cc1nn(-c2ccc(=N)n(C)n2)c(C)c1CCC(=O)N1CCN(c2ccc(F)cc2)CC1. The molecule has 9 heteroatoms. The molecule has 3 aromatic rings. The van der Waals surface area contributed by atoms with Crippen molar-refractivity contribution in [2.24, 2.45) is 7.05 Å². The van der Waals surface area contributed by atoms with Gasteiger partial charge in [-0.1, -0.05) is 0 Å². The van der Waals surface area contributed by atoms with E-state index in [0.29, 0.717) is 37.2 Å². The third-order valence-electron chi connectivity index (χ3n) is 6.06. The van der Waals surface area contributed by atoms with Crippen LogP contribution in [0.15, 0.2) is 36.4 Å². The van der Waals surface area contributed by atoms with E-state index in [2.05, 4.69) is 15.1 Å². The summed E-state index contributed by atoms with van der Waals surface area (Å²) < 4.78 is 16.4. The second kappa shape index (κ2) is 8.94. The van der Waals surface area contributed by atoms with Crippen molar-refractivity contribution in [2.75, 3.05) is 31.1 Å². The maximum atomic E-state index is 13.1. The lowest BCUT2D eigenvalue weighted by Gasteiger charge is -2.36. The topological polar surface area (TPSA) is 83.0 Å². The predicted molar refractivity (Wildman–Crippen MR) is 119 cm³/mol. The number of aryl methyl sites for hydroxylation is 2. The van der Waals surface area contributed by atoms with Gasteiger partial charge in [0.1, 0.15) is 11.3 Å². The zero-order chi connectivity index (χ0) is 22.8. The molecule has 0 spiro atoms. The number of aromatic nitrogens is 4. The molecular weight excluding hydrogens is 409 g/mol. The molecule has 1 amide bonds. The van der Waals surface area contributed by atoms with E-state index in [-0.39, 0.29) is 11.7 Å². The van der Waals surface area contributed by atoms with E-state index in [1.807, 2.05) is 18.7 Å². The Bertz CT molecular complexity index is 1170. The highest BCUT2D eigenvalue weighted by Gasteiger charge is 2.22. The third-order valence-corrected chi connectivity index (χ3v) is 6.06. The zero-order valence-electron chi connectivity index (χ0n) is 18.7. The van der Waals surface area contributed by atoms with Gasteiger partial charge in [-0.2, -0.15) is 10.2 Å². The van der Waals surface area contributed by atoms with Gasteiger partial charge in [-0.25, -0.2) is 13.8 Å². The highest BCUT2D eigenvalue weighted by Crippen LogP contribution is 2.20. The normalized spacial score (nSPS) is 14.1. The number of nitrogens with zero attached hydrogens (tertiary/aromatic N) is 6. The number of amides is 1. The van der Waals surface area contributed by atoms with Crippen molar-refractivity contribution in [1.82, 2.24) is 24.5 Å². The Balaban J connectivity index is 1.37. The monoisotopic (exact) mass is 437 g/mol. The summed E-state index contributed by atoms with van der Waals surface area (Å²) in [6, 6.07) is 9.96. The standard InChI is InChI=1S/C23H28FN7O/c1-16-20(17(2)31(26-16)22-10-9-21(25)28(3)27-22)8-11-23(32)30-14-12-29(13-15-30)19-6-4-18(24)5-7-19/h4-7,9-10,25H,8,11-15H2,1-3H3. The Labute approximate surface area is 186 Å².